The quantitative estimate of drug-likeness (QED) is 0.547. The van der Waals surface area contributed by atoms with E-state index in [2.05, 4.69) is 27.4 Å². The first-order valence-corrected chi connectivity index (χ1v) is 11.4. The summed E-state index contributed by atoms with van der Waals surface area (Å²) >= 11 is 6.58. The van der Waals surface area contributed by atoms with Crippen LogP contribution in [0.3, 0.4) is 0 Å². The number of carbonyl (C=O) groups excluding carboxylic acids is 1. The van der Waals surface area contributed by atoms with Gasteiger partial charge in [-0.25, -0.2) is 4.68 Å². The SMILES string of the molecule is COc1ccc([C@@H](CNC(=O)c2c(C)nn(Cc3ccccc3)c2Cl)N2CCCC2)cc1. The van der Waals surface area contributed by atoms with Crippen LogP contribution in [0, 0.1) is 6.92 Å². The van der Waals surface area contributed by atoms with Gasteiger partial charge in [0.1, 0.15) is 10.9 Å². The Balaban J connectivity index is 1.49. The summed E-state index contributed by atoms with van der Waals surface area (Å²) in [6.07, 6.45) is 2.36. The number of rotatable bonds is 8. The van der Waals surface area contributed by atoms with Crippen molar-refractivity contribution in [2.24, 2.45) is 0 Å². The fraction of sp³-hybridized carbons (Fsp3) is 0.360. The van der Waals surface area contributed by atoms with Crippen LogP contribution >= 0.6 is 11.6 Å². The molecule has 2 aromatic carbocycles. The maximum absolute atomic E-state index is 13.1. The molecule has 0 radical (unpaired) electrons. The van der Waals surface area contributed by atoms with Crippen molar-refractivity contribution in [2.45, 2.75) is 32.4 Å². The van der Waals surface area contributed by atoms with Crippen molar-refractivity contribution in [1.29, 1.82) is 0 Å². The van der Waals surface area contributed by atoms with E-state index in [-0.39, 0.29) is 11.9 Å². The molecule has 1 saturated heterocycles. The second kappa shape index (κ2) is 10.2. The van der Waals surface area contributed by atoms with Crippen molar-refractivity contribution >= 4 is 17.5 Å². The predicted molar refractivity (Wildman–Crippen MR) is 126 cm³/mol. The summed E-state index contributed by atoms with van der Waals surface area (Å²) in [7, 11) is 1.66. The van der Waals surface area contributed by atoms with E-state index in [1.807, 2.05) is 49.4 Å². The Bertz CT molecular complexity index is 1040. The summed E-state index contributed by atoms with van der Waals surface area (Å²) in [6, 6.07) is 18.1. The van der Waals surface area contributed by atoms with Crippen LogP contribution in [0.25, 0.3) is 0 Å². The number of halogens is 1. The molecule has 0 spiro atoms. The van der Waals surface area contributed by atoms with Crippen molar-refractivity contribution in [1.82, 2.24) is 20.0 Å². The van der Waals surface area contributed by atoms with Crippen LogP contribution in [0.5, 0.6) is 5.75 Å². The Hall–Kier alpha value is -2.83. The standard InChI is InChI=1S/C25H29ClN4O2/c1-18-23(24(26)30(28-18)17-19-8-4-3-5-9-19)25(31)27-16-22(29-14-6-7-15-29)20-10-12-21(32-2)13-11-20/h3-5,8-13,22H,6-7,14-17H2,1-2H3,(H,27,31)/t22-/m1/s1. The summed E-state index contributed by atoms with van der Waals surface area (Å²) in [5.74, 6) is 0.635. The lowest BCUT2D eigenvalue weighted by Gasteiger charge is -2.28. The molecule has 1 N–H and O–H groups in total. The van der Waals surface area contributed by atoms with E-state index in [9.17, 15) is 4.79 Å². The van der Waals surface area contributed by atoms with Gasteiger partial charge in [0.05, 0.1) is 31.0 Å². The average molecular weight is 453 g/mol. The zero-order valence-electron chi connectivity index (χ0n) is 18.6. The molecule has 0 saturated carbocycles. The Labute approximate surface area is 194 Å². The maximum atomic E-state index is 13.1. The summed E-state index contributed by atoms with van der Waals surface area (Å²) in [5, 5.41) is 7.99. The average Bonchev–Trinajstić information content (AvgIpc) is 3.43. The second-order valence-corrected chi connectivity index (χ2v) is 8.49. The van der Waals surface area contributed by atoms with Crippen LogP contribution in [-0.2, 0) is 6.54 Å². The topological polar surface area (TPSA) is 59.4 Å². The Kier molecular flexibility index (Phi) is 7.12. The minimum Gasteiger partial charge on any atom is -0.497 e. The van der Waals surface area contributed by atoms with E-state index in [4.69, 9.17) is 16.3 Å². The molecule has 6 nitrogen and oxygen atoms in total. The number of ether oxygens (including phenoxy) is 1. The second-order valence-electron chi connectivity index (χ2n) is 8.14. The lowest BCUT2D eigenvalue weighted by molar-refractivity contribution is 0.0937. The predicted octanol–water partition coefficient (Wildman–Crippen LogP) is 4.47. The molecule has 1 aromatic heterocycles. The molecule has 1 atom stereocenters. The molecular weight excluding hydrogens is 424 g/mol. The number of hydrogen-bond acceptors (Lipinski definition) is 4. The van der Waals surface area contributed by atoms with E-state index >= 15 is 0 Å². The molecule has 1 fully saturated rings. The largest absolute Gasteiger partial charge is 0.497 e. The van der Waals surface area contributed by atoms with Gasteiger partial charge >= 0.3 is 0 Å². The molecule has 0 unspecified atom stereocenters. The molecule has 1 aliphatic heterocycles. The molecule has 0 aliphatic carbocycles. The van der Waals surface area contributed by atoms with Crippen molar-refractivity contribution in [3.05, 3.63) is 82.1 Å². The summed E-state index contributed by atoms with van der Waals surface area (Å²) in [6.45, 7) is 4.91. The van der Waals surface area contributed by atoms with Gasteiger partial charge in [0.15, 0.2) is 0 Å². The van der Waals surface area contributed by atoms with Crippen molar-refractivity contribution in [3.63, 3.8) is 0 Å². The molecule has 168 valence electrons. The number of benzene rings is 2. The Morgan fingerprint density at radius 2 is 1.81 bits per heavy atom. The first-order valence-electron chi connectivity index (χ1n) is 11.0. The van der Waals surface area contributed by atoms with E-state index in [0.717, 1.165) is 30.0 Å². The highest BCUT2D eigenvalue weighted by Crippen LogP contribution is 2.27. The third-order valence-corrected chi connectivity index (χ3v) is 6.39. The highest BCUT2D eigenvalue weighted by molar-refractivity contribution is 6.33. The van der Waals surface area contributed by atoms with Gasteiger partial charge in [-0.2, -0.15) is 5.10 Å². The van der Waals surface area contributed by atoms with Crippen LogP contribution in [0.1, 0.15) is 46.1 Å². The molecule has 7 heteroatoms. The Morgan fingerprint density at radius 1 is 1.12 bits per heavy atom. The van der Waals surface area contributed by atoms with Gasteiger partial charge in [0, 0.05) is 6.54 Å². The minimum atomic E-state index is -0.190. The molecule has 1 aliphatic rings. The van der Waals surface area contributed by atoms with Crippen LogP contribution in [0.15, 0.2) is 54.6 Å². The molecule has 0 bridgehead atoms. The van der Waals surface area contributed by atoms with E-state index < -0.39 is 0 Å². The zero-order chi connectivity index (χ0) is 22.5. The third-order valence-electron chi connectivity index (χ3n) is 6.01. The highest BCUT2D eigenvalue weighted by Gasteiger charge is 2.26. The van der Waals surface area contributed by atoms with E-state index in [1.165, 1.54) is 12.8 Å². The number of hydrogen-bond donors (Lipinski definition) is 1. The lowest BCUT2D eigenvalue weighted by Crippen LogP contribution is -2.37. The van der Waals surface area contributed by atoms with Gasteiger partial charge in [0.25, 0.3) is 5.91 Å². The minimum absolute atomic E-state index is 0.103. The van der Waals surface area contributed by atoms with Gasteiger partial charge in [-0.15, -0.1) is 0 Å². The Morgan fingerprint density at radius 3 is 2.47 bits per heavy atom. The summed E-state index contributed by atoms with van der Waals surface area (Å²) in [5.41, 5.74) is 3.32. The molecule has 3 aromatic rings. The maximum Gasteiger partial charge on any atom is 0.256 e. The van der Waals surface area contributed by atoms with Crippen molar-refractivity contribution in [2.75, 3.05) is 26.7 Å². The van der Waals surface area contributed by atoms with E-state index in [0.29, 0.717) is 29.5 Å². The van der Waals surface area contributed by atoms with E-state index in [1.54, 1.807) is 11.8 Å². The number of likely N-dealkylation sites (tertiary alicyclic amines) is 1. The number of nitrogens with one attached hydrogen (secondary N) is 1. The molecule has 2 heterocycles. The van der Waals surface area contributed by atoms with Gasteiger partial charge < -0.3 is 10.1 Å². The lowest BCUT2D eigenvalue weighted by atomic mass is 10.0. The first-order chi connectivity index (χ1) is 15.6. The van der Waals surface area contributed by atoms with Gasteiger partial charge in [0.2, 0.25) is 0 Å². The molecule has 4 rings (SSSR count). The van der Waals surface area contributed by atoms with Gasteiger partial charge in [-0.05, 0) is 56.1 Å². The number of nitrogens with zero attached hydrogens (tertiary/aromatic N) is 3. The van der Waals surface area contributed by atoms with Crippen LogP contribution in [0.4, 0.5) is 0 Å². The molecule has 32 heavy (non-hydrogen) atoms. The smallest absolute Gasteiger partial charge is 0.256 e. The van der Waals surface area contributed by atoms with Crippen molar-refractivity contribution < 1.29 is 9.53 Å². The fourth-order valence-electron chi connectivity index (χ4n) is 4.29. The van der Waals surface area contributed by atoms with Gasteiger partial charge in [-0.3, -0.25) is 9.69 Å². The van der Waals surface area contributed by atoms with Gasteiger partial charge in [-0.1, -0.05) is 54.1 Å². The number of aromatic nitrogens is 2. The van der Waals surface area contributed by atoms with Crippen LogP contribution in [0.2, 0.25) is 5.15 Å². The highest BCUT2D eigenvalue weighted by atomic mass is 35.5. The number of amides is 1. The zero-order valence-corrected chi connectivity index (χ0v) is 19.3. The fourth-order valence-corrected chi connectivity index (χ4v) is 4.61. The monoisotopic (exact) mass is 452 g/mol. The number of carbonyl (C=O) groups is 1. The number of methoxy groups -OCH3 is 1. The first kappa shape index (κ1) is 22.4. The molecule has 1 amide bonds. The summed E-state index contributed by atoms with van der Waals surface area (Å²) < 4.78 is 6.98. The third kappa shape index (κ3) is 4.97. The summed E-state index contributed by atoms with van der Waals surface area (Å²) in [4.78, 5) is 15.5. The number of aryl methyl sites for hydroxylation is 1. The van der Waals surface area contributed by atoms with Crippen molar-refractivity contribution in [3.8, 4) is 5.75 Å². The molecular formula is C25H29ClN4O2. The van der Waals surface area contributed by atoms with Crippen LogP contribution in [-0.4, -0.2) is 47.3 Å². The normalized spacial score (nSPS) is 15.0. The van der Waals surface area contributed by atoms with Crippen LogP contribution < -0.4 is 10.1 Å².